The highest BCUT2D eigenvalue weighted by Gasteiger charge is 2.27. The smallest absolute Gasteiger partial charge is 0.407 e. The summed E-state index contributed by atoms with van der Waals surface area (Å²) in [6.45, 7) is 5.89. The molecule has 0 atom stereocenters. The minimum Gasteiger partial charge on any atom is -0.447 e. The molecular formula is C9H17NO2. The third kappa shape index (κ3) is 2.72. The number of alkyl carbamates (subject to hydrolysis) is 1. The van der Waals surface area contributed by atoms with Gasteiger partial charge in [0.2, 0.25) is 0 Å². The number of hydrogen-bond acceptors (Lipinski definition) is 2. The predicted octanol–water partition coefficient (Wildman–Crippen LogP) is 1.92. The van der Waals surface area contributed by atoms with Gasteiger partial charge >= 0.3 is 6.09 Å². The van der Waals surface area contributed by atoms with E-state index in [1.165, 1.54) is 0 Å². The highest BCUT2D eigenvalue weighted by molar-refractivity contribution is 5.67. The summed E-state index contributed by atoms with van der Waals surface area (Å²) < 4.78 is 4.94. The zero-order chi connectivity index (χ0) is 9.14. The number of hydrogen-bond donors (Lipinski definition) is 1. The van der Waals surface area contributed by atoms with Gasteiger partial charge in [-0.3, -0.25) is 0 Å². The molecule has 1 fully saturated rings. The van der Waals surface area contributed by atoms with Crippen LogP contribution in [0.1, 0.15) is 33.6 Å². The summed E-state index contributed by atoms with van der Waals surface area (Å²) in [5.74, 6) is 0.759. The van der Waals surface area contributed by atoms with Crippen LogP contribution in [0, 0.1) is 5.92 Å². The largest absolute Gasteiger partial charge is 0.447 e. The molecule has 0 bridgehead atoms. The summed E-state index contributed by atoms with van der Waals surface area (Å²) in [7, 11) is 0. The van der Waals surface area contributed by atoms with Gasteiger partial charge < -0.3 is 10.1 Å². The lowest BCUT2D eigenvalue weighted by Crippen LogP contribution is -2.44. The zero-order valence-electron chi connectivity index (χ0n) is 7.96. The van der Waals surface area contributed by atoms with Crippen LogP contribution in [0.4, 0.5) is 4.79 Å². The molecule has 1 N–H and O–H groups in total. The predicted molar refractivity (Wildman–Crippen MR) is 46.9 cm³/mol. The van der Waals surface area contributed by atoms with Gasteiger partial charge in [-0.05, 0) is 32.6 Å². The fourth-order valence-corrected chi connectivity index (χ4v) is 1.43. The first kappa shape index (κ1) is 9.36. The van der Waals surface area contributed by atoms with E-state index in [1.54, 1.807) is 0 Å². The molecule has 0 aromatic carbocycles. The van der Waals surface area contributed by atoms with Crippen molar-refractivity contribution in [3.63, 3.8) is 0 Å². The molecule has 0 aliphatic heterocycles. The third-order valence-electron chi connectivity index (χ3n) is 2.04. The van der Waals surface area contributed by atoms with Gasteiger partial charge in [-0.25, -0.2) is 4.79 Å². The summed E-state index contributed by atoms with van der Waals surface area (Å²) in [6.07, 6.45) is 1.88. The molecule has 0 heterocycles. The molecule has 0 aromatic rings. The lowest BCUT2D eigenvalue weighted by atomic mass is 9.82. The second-order valence-corrected chi connectivity index (χ2v) is 3.87. The summed E-state index contributed by atoms with van der Waals surface area (Å²) in [5.41, 5.74) is 0. The minimum absolute atomic E-state index is 0.0255. The molecule has 0 spiro atoms. The van der Waals surface area contributed by atoms with E-state index in [0.717, 1.165) is 18.8 Å². The first-order valence-electron chi connectivity index (χ1n) is 4.55. The number of nitrogens with one attached hydrogen (secondary N) is 1. The number of rotatable bonds is 2. The topological polar surface area (TPSA) is 38.3 Å². The van der Waals surface area contributed by atoms with E-state index in [4.69, 9.17) is 4.74 Å². The van der Waals surface area contributed by atoms with Gasteiger partial charge in [0.05, 0.1) is 6.10 Å². The normalized spacial score (nSPS) is 28.0. The molecule has 1 aliphatic rings. The molecule has 3 heteroatoms. The van der Waals surface area contributed by atoms with E-state index in [2.05, 4.69) is 12.2 Å². The van der Waals surface area contributed by atoms with Gasteiger partial charge in [0.1, 0.15) is 0 Å². The Balaban J connectivity index is 2.11. The molecule has 0 radical (unpaired) electrons. The first-order valence-corrected chi connectivity index (χ1v) is 4.55. The quantitative estimate of drug-likeness (QED) is 0.689. The molecule has 0 saturated heterocycles. The average Bonchev–Trinajstić information content (AvgIpc) is 1.82. The zero-order valence-corrected chi connectivity index (χ0v) is 7.96. The van der Waals surface area contributed by atoms with Crippen molar-refractivity contribution in [2.75, 3.05) is 0 Å². The summed E-state index contributed by atoms with van der Waals surface area (Å²) in [4.78, 5) is 11.0. The maximum atomic E-state index is 11.0. The average molecular weight is 171 g/mol. The van der Waals surface area contributed by atoms with Crippen LogP contribution in [-0.2, 0) is 4.74 Å². The highest BCUT2D eigenvalue weighted by Crippen LogP contribution is 2.26. The van der Waals surface area contributed by atoms with Gasteiger partial charge in [-0.15, -0.1) is 0 Å². The van der Waals surface area contributed by atoms with Crippen LogP contribution in [-0.4, -0.2) is 18.2 Å². The number of amides is 1. The molecule has 1 saturated carbocycles. The Labute approximate surface area is 73.5 Å². The number of carbonyl (C=O) groups excluding carboxylic acids is 1. The molecule has 0 unspecified atom stereocenters. The van der Waals surface area contributed by atoms with E-state index in [-0.39, 0.29) is 12.2 Å². The van der Waals surface area contributed by atoms with Crippen molar-refractivity contribution in [2.24, 2.45) is 5.92 Å². The van der Waals surface area contributed by atoms with Gasteiger partial charge in [0.25, 0.3) is 0 Å². The Morgan fingerprint density at radius 2 is 2.08 bits per heavy atom. The Morgan fingerprint density at radius 3 is 2.50 bits per heavy atom. The second-order valence-electron chi connectivity index (χ2n) is 3.87. The first-order chi connectivity index (χ1) is 5.58. The fraction of sp³-hybridized carbons (Fsp3) is 0.889. The van der Waals surface area contributed by atoms with Gasteiger partial charge in [-0.1, -0.05) is 6.92 Å². The Hall–Kier alpha value is -0.730. The van der Waals surface area contributed by atoms with Gasteiger partial charge in [0.15, 0.2) is 0 Å². The maximum absolute atomic E-state index is 11.0. The molecule has 3 nitrogen and oxygen atoms in total. The minimum atomic E-state index is -0.276. The number of carbonyl (C=O) groups is 1. The molecule has 12 heavy (non-hydrogen) atoms. The van der Waals surface area contributed by atoms with Crippen molar-refractivity contribution >= 4 is 6.09 Å². The summed E-state index contributed by atoms with van der Waals surface area (Å²) in [6, 6.07) is 0.353. The third-order valence-corrected chi connectivity index (χ3v) is 2.04. The lowest BCUT2D eigenvalue weighted by molar-refractivity contribution is 0.103. The van der Waals surface area contributed by atoms with Crippen LogP contribution in [0.3, 0.4) is 0 Å². The van der Waals surface area contributed by atoms with Crippen molar-refractivity contribution in [3.05, 3.63) is 0 Å². The molecule has 70 valence electrons. The monoisotopic (exact) mass is 171 g/mol. The fourth-order valence-electron chi connectivity index (χ4n) is 1.43. The van der Waals surface area contributed by atoms with Crippen molar-refractivity contribution in [1.29, 1.82) is 0 Å². The van der Waals surface area contributed by atoms with Crippen LogP contribution in [0.5, 0.6) is 0 Å². The van der Waals surface area contributed by atoms with Crippen molar-refractivity contribution < 1.29 is 9.53 Å². The van der Waals surface area contributed by atoms with Crippen molar-refractivity contribution in [3.8, 4) is 0 Å². The molecule has 1 aliphatic carbocycles. The molecular weight excluding hydrogens is 154 g/mol. The van der Waals surface area contributed by atoms with Crippen LogP contribution in [0.2, 0.25) is 0 Å². The van der Waals surface area contributed by atoms with Gasteiger partial charge in [0, 0.05) is 6.04 Å². The summed E-state index contributed by atoms with van der Waals surface area (Å²) in [5, 5.41) is 2.82. The van der Waals surface area contributed by atoms with E-state index >= 15 is 0 Å². The standard InChI is InChI=1S/C9H17NO2/c1-6(2)12-9(11)10-8-4-7(3)5-8/h6-8H,4-5H2,1-3H3,(H,10,11)/t7-,8-. The van der Waals surface area contributed by atoms with E-state index in [0.29, 0.717) is 6.04 Å². The molecule has 1 amide bonds. The Bertz CT molecular complexity index is 162. The van der Waals surface area contributed by atoms with Crippen molar-refractivity contribution in [1.82, 2.24) is 5.32 Å². The van der Waals surface area contributed by atoms with Gasteiger partial charge in [-0.2, -0.15) is 0 Å². The SMILES string of the molecule is CC(C)OC(=O)N[C@H]1C[C@H](C)C1. The molecule has 0 aromatic heterocycles. The summed E-state index contributed by atoms with van der Waals surface area (Å²) >= 11 is 0. The second kappa shape index (κ2) is 3.78. The Morgan fingerprint density at radius 1 is 1.50 bits per heavy atom. The van der Waals surface area contributed by atoms with Crippen LogP contribution in [0.15, 0.2) is 0 Å². The van der Waals surface area contributed by atoms with E-state index < -0.39 is 0 Å². The molecule has 1 rings (SSSR count). The highest BCUT2D eigenvalue weighted by atomic mass is 16.6. The maximum Gasteiger partial charge on any atom is 0.407 e. The van der Waals surface area contributed by atoms with Crippen molar-refractivity contribution in [2.45, 2.75) is 45.8 Å². The van der Waals surface area contributed by atoms with Crippen LogP contribution < -0.4 is 5.32 Å². The number of ether oxygens (including phenoxy) is 1. The lowest BCUT2D eigenvalue weighted by Gasteiger charge is -2.32. The van der Waals surface area contributed by atoms with E-state index in [1.807, 2.05) is 13.8 Å². The van der Waals surface area contributed by atoms with Crippen LogP contribution in [0.25, 0.3) is 0 Å². The Kier molecular flexibility index (Phi) is 2.95. The van der Waals surface area contributed by atoms with E-state index in [9.17, 15) is 4.79 Å². The van der Waals surface area contributed by atoms with Crippen LogP contribution >= 0.6 is 0 Å².